The third kappa shape index (κ3) is 1.51. The highest BCUT2D eigenvalue weighted by Crippen LogP contribution is 2.31. The quantitative estimate of drug-likeness (QED) is 0.812. The van der Waals surface area contributed by atoms with Gasteiger partial charge in [-0.3, -0.25) is 0 Å². The molecule has 14 heavy (non-hydrogen) atoms. The number of aromatic nitrogens is 3. The Morgan fingerprint density at radius 1 is 1.29 bits per heavy atom. The summed E-state index contributed by atoms with van der Waals surface area (Å²) in [4.78, 5) is 0. The Labute approximate surface area is 88.8 Å². The van der Waals surface area contributed by atoms with Crippen LogP contribution in [0.3, 0.4) is 0 Å². The maximum absolute atomic E-state index is 5.78. The van der Waals surface area contributed by atoms with E-state index in [2.05, 4.69) is 15.4 Å². The van der Waals surface area contributed by atoms with Crippen molar-refractivity contribution in [3.63, 3.8) is 0 Å². The first-order chi connectivity index (χ1) is 6.68. The molecule has 0 aliphatic carbocycles. The van der Waals surface area contributed by atoms with Crippen LogP contribution in [0.25, 0.3) is 11.3 Å². The van der Waals surface area contributed by atoms with E-state index in [0.29, 0.717) is 17.0 Å². The SMILES string of the molecule is Nc1cnoc1-c1cc(Cl)nnc1Cl. The number of anilines is 1. The maximum Gasteiger partial charge on any atom is 0.192 e. The van der Waals surface area contributed by atoms with Crippen molar-refractivity contribution in [3.05, 3.63) is 22.6 Å². The molecular weight excluding hydrogens is 227 g/mol. The highest BCUT2D eigenvalue weighted by molar-refractivity contribution is 6.33. The van der Waals surface area contributed by atoms with Gasteiger partial charge in [0.1, 0.15) is 5.69 Å². The zero-order valence-corrected chi connectivity index (χ0v) is 8.25. The molecule has 0 unspecified atom stereocenters. The van der Waals surface area contributed by atoms with Crippen LogP contribution in [-0.4, -0.2) is 15.4 Å². The normalized spacial score (nSPS) is 10.4. The maximum atomic E-state index is 5.78. The summed E-state index contributed by atoms with van der Waals surface area (Å²) in [5.74, 6) is 0.340. The van der Waals surface area contributed by atoms with Crippen molar-refractivity contribution in [2.75, 3.05) is 5.73 Å². The zero-order chi connectivity index (χ0) is 10.1. The lowest BCUT2D eigenvalue weighted by molar-refractivity contribution is 0.432. The molecule has 0 aromatic carbocycles. The van der Waals surface area contributed by atoms with Crippen molar-refractivity contribution < 1.29 is 4.52 Å². The fraction of sp³-hybridized carbons (Fsp3) is 0. The van der Waals surface area contributed by atoms with E-state index in [1.807, 2.05) is 0 Å². The van der Waals surface area contributed by atoms with Gasteiger partial charge in [-0.15, -0.1) is 10.2 Å². The second-order valence-corrected chi connectivity index (χ2v) is 3.23. The van der Waals surface area contributed by atoms with E-state index in [4.69, 9.17) is 33.5 Å². The second-order valence-electron chi connectivity index (χ2n) is 2.48. The van der Waals surface area contributed by atoms with Crippen LogP contribution < -0.4 is 5.73 Å². The molecule has 0 aliphatic rings. The Hall–Kier alpha value is -1.33. The fourth-order valence-corrected chi connectivity index (χ4v) is 1.29. The van der Waals surface area contributed by atoms with Crippen LogP contribution in [0.5, 0.6) is 0 Å². The molecule has 0 spiro atoms. The average molecular weight is 231 g/mol. The molecule has 0 atom stereocenters. The van der Waals surface area contributed by atoms with Gasteiger partial charge in [0, 0.05) is 0 Å². The molecule has 2 heterocycles. The smallest absolute Gasteiger partial charge is 0.192 e. The number of halogens is 2. The van der Waals surface area contributed by atoms with Gasteiger partial charge in [0.2, 0.25) is 0 Å². The first kappa shape index (κ1) is 9.23. The topological polar surface area (TPSA) is 77.8 Å². The zero-order valence-electron chi connectivity index (χ0n) is 6.74. The minimum atomic E-state index is 0.165. The van der Waals surface area contributed by atoms with E-state index in [0.717, 1.165) is 0 Å². The second kappa shape index (κ2) is 3.43. The highest BCUT2D eigenvalue weighted by Gasteiger charge is 2.13. The van der Waals surface area contributed by atoms with Gasteiger partial charge in [0.15, 0.2) is 16.1 Å². The van der Waals surface area contributed by atoms with Gasteiger partial charge in [-0.1, -0.05) is 28.4 Å². The third-order valence-corrected chi connectivity index (χ3v) is 2.03. The molecule has 0 radical (unpaired) electrons. The third-order valence-electron chi connectivity index (χ3n) is 1.56. The number of hydrogen-bond acceptors (Lipinski definition) is 5. The van der Waals surface area contributed by atoms with Crippen LogP contribution in [0, 0.1) is 0 Å². The van der Waals surface area contributed by atoms with E-state index >= 15 is 0 Å². The minimum Gasteiger partial charge on any atom is -0.394 e. The molecule has 7 heteroatoms. The number of nitrogen functional groups attached to an aromatic ring is 1. The molecule has 2 aromatic heterocycles. The van der Waals surface area contributed by atoms with E-state index in [-0.39, 0.29) is 10.3 Å². The Morgan fingerprint density at radius 2 is 2.07 bits per heavy atom. The summed E-state index contributed by atoms with van der Waals surface area (Å²) in [5.41, 5.74) is 6.43. The van der Waals surface area contributed by atoms with Gasteiger partial charge < -0.3 is 10.3 Å². The van der Waals surface area contributed by atoms with Gasteiger partial charge in [0.25, 0.3) is 0 Å². The van der Waals surface area contributed by atoms with Crippen LogP contribution >= 0.6 is 23.2 Å². The largest absolute Gasteiger partial charge is 0.394 e. The molecule has 0 saturated carbocycles. The summed E-state index contributed by atoms with van der Waals surface area (Å²) < 4.78 is 4.90. The summed E-state index contributed by atoms with van der Waals surface area (Å²) in [5, 5.41) is 11.1. The minimum absolute atomic E-state index is 0.165. The molecule has 2 rings (SSSR count). The summed E-state index contributed by atoms with van der Waals surface area (Å²) in [7, 11) is 0. The van der Waals surface area contributed by atoms with Gasteiger partial charge in [-0.05, 0) is 6.07 Å². The molecule has 0 aliphatic heterocycles. The van der Waals surface area contributed by atoms with E-state index in [9.17, 15) is 0 Å². The van der Waals surface area contributed by atoms with Gasteiger partial charge in [0.05, 0.1) is 11.8 Å². The van der Waals surface area contributed by atoms with Gasteiger partial charge in [-0.25, -0.2) is 0 Å². The van der Waals surface area contributed by atoms with Crippen molar-refractivity contribution in [1.29, 1.82) is 0 Å². The molecule has 0 bridgehead atoms. The van der Waals surface area contributed by atoms with Gasteiger partial charge >= 0.3 is 0 Å². The van der Waals surface area contributed by atoms with Crippen LogP contribution in [-0.2, 0) is 0 Å². The number of rotatable bonds is 1. The summed E-state index contributed by atoms with van der Waals surface area (Å²) in [6, 6.07) is 1.51. The molecule has 72 valence electrons. The molecule has 2 aromatic rings. The molecule has 0 amide bonds. The predicted molar refractivity (Wildman–Crippen MR) is 52.0 cm³/mol. The molecule has 2 N–H and O–H groups in total. The molecule has 5 nitrogen and oxygen atoms in total. The van der Waals surface area contributed by atoms with Crippen molar-refractivity contribution >= 4 is 28.9 Å². The van der Waals surface area contributed by atoms with Crippen LogP contribution in [0.2, 0.25) is 10.3 Å². The monoisotopic (exact) mass is 230 g/mol. The summed E-state index contributed by atoms with van der Waals surface area (Å²) >= 11 is 11.4. The van der Waals surface area contributed by atoms with E-state index < -0.39 is 0 Å². The number of hydrogen-bond donors (Lipinski definition) is 1. The first-order valence-corrected chi connectivity index (χ1v) is 4.33. The van der Waals surface area contributed by atoms with E-state index in [1.165, 1.54) is 12.3 Å². The Morgan fingerprint density at radius 3 is 2.71 bits per heavy atom. The van der Waals surface area contributed by atoms with Gasteiger partial charge in [-0.2, -0.15) is 0 Å². The molecule has 0 fully saturated rings. The lowest BCUT2D eigenvalue weighted by atomic mass is 10.2. The Kier molecular flexibility index (Phi) is 2.26. The van der Waals surface area contributed by atoms with Crippen molar-refractivity contribution in [2.45, 2.75) is 0 Å². The number of nitrogens with two attached hydrogens (primary N) is 1. The Balaban J connectivity index is 2.62. The predicted octanol–water partition coefficient (Wildman–Crippen LogP) is 2.02. The lowest BCUT2D eigenvalue weighted by Crippen LogP contribution is -1.90. The lowest BCUT2D eigenvalue weighted by Gasteiger charge is -1.98. The average Bonchev–Trinajstić information content (AvgIpc) is 2.56. The van der Waals surface area contributed by atoms with Crippen LogP contribution in [0.1, 0.15) is 0 Å². The van der Waals surface area contributed by atoms with Crippen LogP contribution in [0.4, 0.5) is 5.69 Å². The van der Waals surface area contributed by atoms with E-state index in [1.54, 1.807) is 0 Å². The Bertz CT molecular complexity index is 470. The van der Waals surface area contributed by atoms with Crippen molar-refractivity contribution in [2.24, 2.45) is 0 Å². The standard InChI is InChI=1S/C7H4Cl2N4O/c8-5-1-3(7(9)13-12-5)6-4(10)2-11-14-6/h1-2H,10H2. The van der Waals surface area contributed by atoms with Crippen molar-refractivity contribution in [1.82, 2.24) is 15.4 Å². The molecule has 0 saturated heterocycles. The fourth-order valence-electron chi connectivity index (χ4n) is 0.964. The summed E-state index contributed by atoms with van der Waals surface area (Å²) in [6.45, 7) is 0. The van der Waals surface area contributed by atoms with Crippen LogP contribution in [0.15, 0.2) is 16.8 Å². The summed E-state index contributed by atoms with van der Waals surface area (Å²) in [6.07, 6.45) is 1.37. The molecular formula is C7H4Cl2N4O. The highest BCUT2D eigenvalue weighted by atomic mass is 35.5. The first-order valence-electron chi connectivity index (χ1n) is 3.57. The number of nitrogens with zero attached hydrogens (tertiary/aromatic N) is 3. The van der Waals surface area contributed by atoms with Crippen molar-refractivity contribution in [3.8, 4) is 11.3 Å².